The minimum Gasteiger partial charge on any atom is -0.350 e. The van der Waals surface area contributed by atoms with Gasteiger partial charge in [-0.3, -0.25) is 9.59 Å². The van der Waals surface area contributed by atoms with Crippen LogP contribution < -0.4 is 10.2 Å². The third-order valence-corrected chi connectivity index (χ3v) is 3.95. The molecule has 0 atom stereocenters. The molecule has 0 fully saturated rings. The molecule has 0 unspecified atom stereocenters. The zero-order chi connectivity index (χ0) is 17.7. The Balaban J connectivity index is 2.05. The van der Waals surface area contributed by atoms with Crippen LogP contribution in [0.2, 0.25) is 0 Å². The Bertz CT molecular complexity index is 742. The van der Waals surface area contributed by atoms with E-state index < -0.39 is 0 Å². The van der Waals surface area contributed by atoms with Crippen molar-refractivity contribution in [3.8, 4) is 0 Å². The molecule has 126 valence electrons. The van der Waals surface area contributed by atoms with Crippen LogP contribution in [0.15, 0.2) is 42.5 Å². The minimum atomic E-state index is -0.317. The van der Waals surface area contributed by atoms with E-state index >= 15 is 0 Å². The minimum absolute atomic E-state index is 0.0547. The van der Waals surface area contributed by atoms with Crippen molar-refractivity contribution < 1.29 is 14.0 Å². The molecule has 0 saturated heterocycles. The van der Waals surface area contributed by atoms with Crippen molar-refractivity contribution in [2.45, 2.75) is 27.3 Å². The lowest BCUT2D eigenvalue weighted by Gasteiger charge is -2.23. The van der Waals surface area contributed by atoms with Crippen LogP contribution >= 0.6 is 0 Å². The number of nitrogens with zero attached hydrogens (tertiary/aromatic N) is 1. The number of carbonyl (C=O) groups excluding carboxylic acids is 2. The molecule has 2 aromatic carbocycles. The predicted molar refractivity (Wildman–Crippen MR) is 92.2 cm³/mol. The maximum atomic E-state index is 12.9. The number of nitrogens with one attached hydrogen (secondary N) is 1. The van der Waals surface area contributed by atoms with E-state index in [1.165, 1.54) is 24.0 Å². The summed E-state index contributed by atoms with van der Waals surface area (Å²) >= 11 is 0. The van der Waals surface area contributed by atoms with Crippen LogP contribution in [0.1, 0.15) is 23.6 Å². The van der Waals surface area contributed by atoms with E-state index in [-0.39, 0.29) is 30.7 Å². The number of halogens is 1. The Morgan fingerprint density at radius 2 is 1.75 bits per heavy atom. The highest BCUT2D eigenvalue weighted by Gasteiger charge is 2.18. The number of carbonyl (C=O) groups is 2. The molecule has 1 N–H and O–H groups in total. The van der Waals surface area contributed by atoms with Crippen LogP contribution in [-0.2, 0) is 16.1 Å². The summed E-state index contributed by atoms with van der Waals surface area (Å²) in [6.45, 7) is 5.57. The Kier molecular flexibility index (Phi) is 5.68. The first-order valence-electron chi connectivity index (χ1n) is 7.74. The van der Waals surface area contributed by atoms with Gasteiger partial charge in [0, 0.05) is 19.2 Å². The maximum absolute atomic E-state index is 12.9. The second-order valence-corrected chi connectivity index (χ2v) is 5.73. The van der Waals surface area contributed by atoms with Gasteiger partial charge in [-0.25, -0.2) is 4.39 Å². The molecular formula is C19H21FN2O2. The number of hydrogen-bond acceptors (Lipinski definition) is 2. The number of benzene rings is 2. The van der Waals surface area contributed by atoms with E-state index in [1.54, 1.807) is 12.1 Å². The lowest BCUT2D eigenvalue weighted by molar-refractivity contribution is -0.123. The van der Waals surface area contributed by atoms with E-state index in [0.717, 1.165) is 22.4 Å². The SMILES string of the molecule is CC(=O)N(CC(=O)NCc1ccc(F)cc1)c1cccc(C)c1C. The highest BCUT2D eigenvalue weighted by Crippen LogP contribution is 2.22. The zero-order valence-corrected chi connectivity index (χ0v) is 14.1. The third kappa shape index (κ3) is 4.41. The molecule has 0 aliphatic carbocycles. The summed E-state index contributed by atoms with van der Waals surface area (Å²) in [7, 11) is 0. The highest BCUT2D eigenvalue weighted by atomic mass is 19.1. The predicted octanol–water partition coefficient (Wildman–Crippen LogP) is 3.11. The first-order valence-corrected chi connectivity index (χ1v) is 7.74. The van der Waals surface area contributed by atoms with E-state index in [0.29, 0.717) is 0 Å². The molecule has 24 heavy (non-hydrogen) atoms. The number of rotatable bonds is 5. The second kappa shape index (κ2) is 7.73. The number of aryl methyl sites for hydroxylation is 1. The average Bonchev–Trinajstić information content (AvgIpc) is 2.55. The van der Waals surface area contributed by atoms with Gasteiger partial charge in [-0.2, -0.15) is 0 Å². The molecule has 0 saturated carbocycles. The van der Waals surface area contributed by atoms with Crippen LogP contribution in [0, 0.1) is 19.7 Å². The second-order valence-electron chi connectivity index (χ2n) is 5.73. The fourth-order valence-corrected chi connectivity index (χ4v) is 2.40. The van der Waals surface area contributed by atoms with Gasteiger partial charge in [0.2, 0.25) is 11.8 Å². The van der Waals surface area contributed by atoms with Crippen molar-refractivity contribution >= 4 is 17.5 Å². The van der Waals surface area contributed by atoms with Crippen molar-refractivity contribution in [3.05, 3.63) is 65.0 Å². The Hall–Kier alpha value is -2.69. The molecule has 0 heterocycles. The molecule has 0 aromatic heterocycles. The highest BCUT2D eigenvalue weighted by molar-refractivity contribution is 5.98. The van der Waals surface area contributed by atoms with Gasteiger partial charge in [0.25, 0.3) is 0 Å². The van der Waals surface area contributed by atoms with Crippen LogP contribution in [0.25, 0.3) is 0 Å². The van der Waals surface area contributed by atoms with Gasteiger partial charge in [-0.1, -0.05) is 24.3 Å². The normalized spacial score (nSPS) is 10.3. The summed E-state index contributed by atoms with van der Waals surface area (Å²) in [6, 6.07) is 11.6. The number of hydrogen-bond donors (Lipinski definition) is 1. The fourth-order valence-electron chi connectivity index (χ4n) is 2.40. The molecular weight excluding hydrogens is 307 g/mol. The van der Waals surface area contributed by atoms with Gasteiger partial charge in [-0.05, 0) is 48.7 Å². The summed E-state index contributed by atoms with van der Waals surface area (Å²) in [4.78, 5) is 25.6. The maximum Gasteiger partial charge on any atom is 0.240 e. The molecule has 2 aromatic rings. The molecule has 0 radical (unpaired) electrons. The zero-order valence-electron chi connectivity index (χ0n) is 14.1. The van der Waals surface area contributed by atoms with Crippen molar-refractivity contribution in [2.75, 3.05) is 11.4 Å². The summed E-state index contributed by atoms with van der Waals surface area (Å²) in [5.74, 6) is -0.779. The Morgan fingerprint density at radius 3 is 2.38 bits per heavy atom. The van der Waals surface area contributed by atoms with Crippen molar-refractivity contribution in [1.82, 2.24) is 5.32 Å². The van der Waals surface area contributed by atoms with Gasteiger partial charge in [0.05, 0.1) is 0 Å². The number of anilines is 1. The lowest BCUT2D eigenvalue weighted by atomic mass is 10.1. The molecule has 2 rings (SSSR count). The van der Waals surface area contributed by atoms with E-state index in [1.807, 2.05) is 32.0 Å². The first kappa shape index (κ1) is 17.7. The largest absolute Gasteiger partial charge is 0.350 e. The van der Waals surface area contributed by atoms with Gasteiger partial charge in [0.15, 0.2) is 0 Å². The molecule has 5 heteroatoms. The van der Waals surface area contributed by atoms with Gasteiger partial charge in [-0.15, -0.1) is 0 Å². The molecule has 0 aliphatic heterocycles. The first-order chi connectivity index (χ1) is 11.4. The summed E-state index contributed by atoms with van der Waals surface area (Å²) in [5.41, 5.74) is 3.56. The monoisotopic (exact) mass is 328 g/mol. The van der Waals surface area contributed by atoms with Crippen molar-refractivity contribution in [1.29, 1.82) is 0 Å². The van der Waals surface area contributed by atoms with E-state index in [4.69, 9.17) is 0 Å². The Morgan fingerprint density at radius 1 is 1.08 bits per heavy atom. The van der Waals surface area contributed by atoms with Crippen LogP contribution in [0.4, 0.5) is 10.1 Å². The summed E-state index contributed by atoms with van der Waals surface area (Å²) in [6.07, 6.45) is 0. The summed E-state index contributed by atoms with van der Waals surface area (Å²) in [5, 5.41) is 2.75. The summed E-state index contributed by atoms with van der Waals surface area (Å²) < 4.78 is 12.9. The average molecular weight is 328 g/mol. The quantitative estimate of drug-likeness (QED) is 0.917. The number of amides is 2. The molecule has 0 bridgehead atoms. The van der Waals surface area contributed by atoms with Crippen molar-refractivity contribution in [2.24, 2.45) is 0 Å². The van der Waals surface area contributed by atoms with E-state index in [9.17, 15) is 14.0 Å². The van der Waals surface area contributed by atoms with Gasteiger partial charge in [0.1, 0.15) is 12.4 Å². The molecule has 0 spiro atoms. The van der Waals surface area contributed by atoms with Gasteiger partial charge < -0.3 is 10.2 Å². The van der Waals surface area contributed by atoms with Crippen LogP contribution in [0.5, 0.6) is 0 Å². The van der Waals surface area contributed by atoms with Crippen molar-refractivity contribution in [3.63, 3.8) is 0 Å². The molecule has 0 aliphatic rings. The molecule has 4 nitrogen and oxygen atoms in total. The van der Waals surface area contributed by atoms with Crippen LogP contribution in [-0.4, -0.2) is 18.4 Å². The smallest absolute Gasteiger partial charge is 0.240 e. The fraction of sp³-hybridized carbons (Fsp3) is 0.263. The standard InChI is InChI=1S/C19H21FN2O2/c1-13-5-4-6-18(14(13)2)22(15(3)23)12-19(24)21-11-16-7-9-17(20)10-8-16/h4-10H,11-12H2,1-3H3,(H,21,24). The molecule has 2 amide bonds. The lowest BCUT2D eigenvalue weighted by Crippen LogP contribution is -2.40. The van der Waals surface area contributed by atoms with Crippen LogP contribution in [0.3, 0.4) is 0 Å². The third-order valence-electron chi connectivity index (χ3n) is 3.95. The Labute approximate surface area is 141 Å². The van der Waals surface area contributed by atoms with Gasteiger partial charge >= 0.3 is 0 Å². The topological polar surface area (TPSA) is 49.4 Å². The van der Waals surface area contributed by atoms with E-state index in [2.05, 4.69) is 5.32 Å².